The highest BCUT2D eigenvalue weighted by Gasteiger charge is 2.27. The van der Waals surface area contributed by atoms with Gasteiger partial charge in [-0.2, -0.15) is 0 Å². The van der Waals surface area contributed by atoms with Crippen LogP contribution in [-0.4, -0.2) is 42.1 Å². The topological polar surface area (TPSA) is 160 Å². The van der Waals surface area contributed by atoms with Gasteiger partial charge in [0.25, 0.3) is 0 Å². The molecule has 2 atom stereocenters. The van der Waals surface area contributed by atoms with Gasteiger partial charge in [-0.05, 0) is 6.92 Å². The van der Waals surface area contributed by atoms with E-state index in [1.165, 1.54) is 0 Å². The first-order valence-electron chi connectivity index (χ1n) is 4.99. The van der Waals surface area contributed by atoms with Crippen molar-refractivity contribution in [2.75, 3.05) is 13.2 Å². The summed E-state index contributed by atoms with van der Waals surface area (Å²) < 4.78 is 4.64. The number of hydrogen-bond acceptors (Lipinski definition) is 6. The Balaban J connectivity index is 4.39. The second kappa shape index (κ2) is 7.39. The van der Waals surface area contributed by atoms with E-state index in [-0.39, 0.29) is 25.5 Å². The molecule has 98 valence electrons. The molecule has 0 aliphatic heterocycles. The zero-order valence-corrected chi connectivity index (χ0v) is 9.54. The van der Waals surface area contributed by atoms with Crippen LogP contribution >= 0.6 is 0 Å². The minimum atomic E-state index is -1.11. The maximum Gasteiger partial charge on any atom is 0.323 e. The van der Waals surface area contributed by atoms with Crippen molar-refractivity contribution >= 4 is 11.9 Å². The zero-order chi connectivity index (χ0) is 13.4. The van der Waals surface area contributed by atoms with E-state index in [2.05, 4.69) is 9.73 Å². The zero-order valence-electron chi connectivity index (χ0n) is 9.54. The summed E-state index contributed by atoms with van der Waals surface area (Å²) in [6, 6.07) is -2.17. The van der Waals surface area contributed by atoms with E-state index in [1.54, 1.807) is 6.92 Å². The summed E-state index contributed by atoms with van der Waals surface area (Å²) in [6.07, 6.45) is -0.178. The van der Waals surface area contributed by atoms with E-state index in [1.807, 2.05) is 0 Å². The fourth-order valence-corrected chi connectivity index (χ4v) is 1.08. The molecule has 9 nitrogen and oxygen atoms in total. The average Bonchev–Trinajstić information content (AvgIpc) is 2.23. The van der Waals surface area contributed by atoms with Gasteiger partial charge in [-0.25, -0.2) is 4.99 Å². The summed E-state index contributed by atoms with van der Waals surface area (Å²) in [5.74, 6) is -0.925. The third-order valence-electron chi connectivity index (χ3n) is 1.90. The lowest BCUT2D eigenvalue weighted by molar-refractivity contribution is -0.520. The molecular weight excluding hydrogens is 230 g/mol. The van der Waals surface area contributed by atoms with E-state index < -0.39 is 23.0 Å². The molecule has 0 aromatic rings. The van der Waals surface area contributed by atoms with Gasteiger partial charge in [0.2, 0.25) is 6.04 Å². The quantitative estimate of drug-likeness (QED) is 0.157. The number of aliphatic imine (C=N–C) groups is 1. The van der Waals surface area contributed by atoms with Crippen LogP contribution in [0.2, 0.25) is 0 Å². The number of carbonyl (C=O) groups is 1. The molecule has 0 amide bonds. The molecule has 17 heavy (non-hydrogen) atoms. The molecule has 0 spiro atoms. The third-order valence-corrected chi connectivity index (χ3v) is 1.90. The summed E-state index contributed by atoms with van der Waals surface area (Å²) in [5.41, 5.74) is 15.6. The molecule has 9 heteroatoms. The lowest BCUT2D eigenvalue weighted by Crippen LogP contribution is -2.39. The molecule has 0 radical (unpaired) electrons. The molecular formula is C8H17N5O4. The first-order chi connectivity index (χ1) is 7.88. The predicted molar refractivity (Wildman–Crippen MR) is 60.7 cm³/mol. The highest BCUT2D eigenvalue weighted by atomic mass is 16.6. The van der Waals surface area contributed by atoms with Crippen molar-refractivity contribution < 1.29 is 14.5 Å². The summed E-state index contributed by atoms with van der Waals surface area (Å²) in [6.45, 7) is 1.57. The Kier molecular flexibility index (Phi) is 6.56. The molecule has 0 heterocycles. The Morgan fingerprint density at radius 1 is 1.53 bits per heavy atom. The standard InChI is InChI=1S/C8H17N5O4/c1-2-17-7(14)6(9)3-5(13(15)16)4-12-8(10)11/h5-6H,2-4,9H2,1H3,(H4,10,11,12)/t5?,6-/m0/s1. The van der Waals surface area contributed by atoms with Crippen molar-refractivity contribution in [1.82, 2.24) is 0 Å². The second-order valence-electron chi connectivity index (χ2n) is 3.30. The number of guanidine groups is 1. The van der Waals surface area contributed by atoms with Gasteiger partial charge >= 0.3 is 5.97 Å². The van der Waals surface area contributed by atoms with Crippen molar-refractivity contribution in [1.29, 1.82) is 0 Å². The number of ether oxygens (including phenoxy) is 1. The van der Waals surface area contributed by atoms with Crippen LogP contribution in [0.15, 0.2) is 4.99 Å². The molecule has 0 saturated heterocycles. The number of nitro groups is 1. The summed E-state index contributed by atoms with van der Waals surface area (Å²) in [7, 11) is 0. The molecule has 0 rings (SSSR count). The number of nitrogens with zero attached hydrogens (tertiary/aromatic N) is 2. The molecule has 1 unspecified atom stereocenters. The van der Waals surface area contributed by atoms with Crippen molar-refractivity contribution in [3.8, 4) is 0 Å². The number of esters is 1. The monoisotopic (exact) mass is 247 g/mol. The molecule has 0 bridgehead atoms. The third kappa shape index (κ3) is 6.30. The van der Waals surface area contributed by atoms with E-state index in [4.69, 9.17) is 17.2 Å². The van der Waals surface area contributed by atoms with Crippen LogP contribution in [0.25, 0.3) is 0 Å². The van der Waals surface area contributed by atoms with Crippen molar-refractivity contribution in [3.63, 3.8) is 0 Å². The molecule has 0 aliphatic carbocycles. The Hall–Kier alpha value is -1.90. The van der Waals surface area contributed by atoms with Crippen LogP contribution in [0.3, 0.4) is 0 Å². The SMILES string of the molecule is CCOC(=O)[C@@H](N)CC(CN=C(N)N)[N+](=O)[O-]. The van der Waals surface area contributed by atoms with Crippen LogP contribution < -0.4 is 17.2 Å². The van der Waals surface area contributed by atoms with Crippen LogP contribution in [0.1, 0.15) is 13.3 Å². The van der Waals surface area contributed by atoms with E-state index in [9.17, 15) is 14.9 Å². The largest absolute Gasteiger partial charge is 0.465 e. The van der Waals surface area contributed by atoms with Crippen LogP contribution in [-0.2, 0) is 9.53 Å². The van der Waals surface area contributed by atoms with Gasteiger partial charge < -0.3 is 21.9 Å². The average molecular weight is 247 g/mol. The highest BCUT2D eigenvalue weighted by Crippen LogP contribution is 2.03. The fraction of sp³-hybridized carbons (Fsp3) is 0.750. The highest BCUT2D eigenvalue weighted by molar-refractivity contribution is 5.76. The van der Waals surface area contributed by atoms with Gasteiger partial charge in [0.1, 0.15) is 12.6 Å². The first kappa shape index (κ1) is 15.1. The van der Waals surface area contributed by atoms with Gasteiger partial charge in [-0.3, -0.25) is 14.9 Å². The molecule has 6 N–H and O–H groups in total. The summed E-state index contributed by atoms with van der Waals surface area (Å²) in [4.78, 5) is 24.8. The van der Waals surface area contributed by atoms with Crippen LogP contribution in [0, 0.1) is 10.1 Å². The Morgan fingerprint density at radius 3 is 2.53 bits per heavy atom. The van der Waals surface area contributed by atoms with Crippen LogP contribution in [0.4, 0.5) is 0 Å². The van der Waals surface area contributed by atoms with Crippen molar-refractivity contribution in [2.45, 2.75) is 25.4 Å². The minimum absolute atomic E-state index is 0.170. The van der Waals surface area contributed by atoms with Gasteiger partial charge in [-0.15, -0.1) is 0 Å². The summed E-state index contributed by atoms with van der Waals surface area (Å²) in [5, 5.41) is 10.7. The lowest BCUT2D eigenvalue weighted by atomic mass is 10.1. The first-order valence-corrected chi connectivity index (χ1v) is 4.99. The van der Waals surface area contributed by atoms with Crippen LogP contribution in [0.5, 0.6) is 0 Å². The fourth-order valence-electron chi connectivity index (χ4n) is 1.08. The maximum atomic E-state index is 11.2. The van der Waals surface area contributed by atoms with Gasteiger partial charge in [0.05, 0.1) is 6.61 Å². The molecule has 0 fully saturated rings. The van der Waals surface area contributed by atoms with E-state index >= 15 is 0 Å². The molecule has 0 saturated carbocycles. The second-order valence-corrected chi connectivity index (χ2v) is 3.30. The molecule has 0 aromatic heterocycles. The Bertz CT molecular complexity index is 302. The number of carbonyl (C=O) groups excluding carboxylic acids is 1. The molecule has 0 aromatic carbocycles. The van der Waals surface area contributed by atoms with E-state index in [0.717, 1.165) is 0 Å². The van der Waals surface area contributed by atoms with E-state index in [0.29, 0.717) is 0 Å². The lowest BCUT2D eigenvalue weighted by Gasteiger charge is -2.12. The predicted octanol–water partition coefficient (Wildman–Crippen LogP) is -1.81. The normalized spacial score (nSPS) is 13.5. The number of rotatable bonds is 7. The summed E-state index contributed by atoms with van der Waals surface area (Å²) >= 11 is 0. The van der Waals surface area contributed by atoms with Crippen molar-refractivity contribution in [3.05, 3.63) is 10.1 Å². The van der Waals surface area contributed by atoms with Crippen molar-refractivity contribution in [2.24, 2.45) is 22.2 Å². The van der Waals surface area contributed by atoms with Gasteiger partial charge in [0, 0.05) is 11.3 Å². The van der Waals surface area contributed by atoms with Gasteiger partial charge in [-0.1, -0.05) is 0 Å². The number of nitrogens with two attached hydrogens (primary N) is 3. The van der Waals surface area contributed by atoms with Gasteiger partial charge in [0.15, 0.2) is 5.96 Å². The smallest absolute Gasteiger partial charge is 0.323 e. The maximum absolute atomic E-state index is 11.2. The Morgan fingerprint density at radius 2 is 2.12 bits per heavy atom. The Labute approximate surface area is 98.1 Å². The minimum Gasteiger partial charge on any atom is -0.465 e. The molecule has 0 aliphatic rings. The number of hydrogen-bond donors (Lipinski definition) is 3.